The first-order valence-electron chi connectivity index (χ1n) is 14.3. The van der Waals surface area contributed by atoms with Crippen LogP contribution in [0.25, 0.3) is 6.08 Å². The molecule has 0 bridgehead atoms. The second-order valence-electron chi connectivity index (χ2n) is 11.1. The standard InChI is InChI=1S/C30H38O14/c1-14-22(34)27(43-20(33)8-7-15-5-3-2-4-6-15)26(38)30(40-14)41-18-11-16(12-31)21-17(18)9-10-39-28(21)44-29-25(37)24(36)23(35)19(13-32)42-29/h2-11,14,17-19,21-32,34-38H,12-13H2,1H3/b8-7+/t14-,17-,18+,19+,21+,22-,23+,24-,25+,26+,27+,28-,29-,30-/m0/s1. The molecule has 4 aliphatic rings. The molecule has 0 spiro atoms. The fourth-order valence-corrected chi connectivity index (χ4v) is 5.79. The van der Waals surface area contributed by atoms with E-state index < -0.39 is 105 Å². The minimum absolute atomic E-state index is 0.427. The van der Waals surface area contributed by atoms with Crippen LogP contribution in [0.4, 0.5) is 0 Å². The highest BCUT2D eigenvalue weighted by Gasteiger charge is 2.52. The van der Waals surface area contributed by atoms with Crippen molar-refractivity contribution in [3.63, 3.8) is 0 Å². The van der Waals surface area contributed by atoms with E-state index in [1.165, 1.54) is 18.4 Å². The Labute approximate surface area is 253 Å². The number of esters is 1. The Balaban J connectivity index is 1.26. The van der Waals surface area contributed by atoms with Crippen LogP contribution in [0.15, 0.2) is 60.4 Å². The molecular formula is C30H38O14. The summed E-state index contributed by atoms with van der Waals surface area (Å²) in [5, 5.41) is 72.0. The Morgan fingerprint density at radius 2 is 1.61 bits per heavy atom. The molecule has 1 aliphatic carbocycles. The summed E-state index contributed by atoms with van der Waals surface area (Å²) in [5.74, 6) is -2.00. The van der Waals surface area contributed by atoms with Crippen LogP contribution >= 0.6 is 0 Å². The summed E-state index contributed by atoms with van der Waals surface area (Å²) in [7, 11) is 0. The van der Waals surface area contributed by atoms with Gasteiger partial charge in [0, 0.05) is 12.0 Å². The fourth-order valence-electron chi connectivity index (χ4n) is 5.79. The molecule has 5 rings (SSSR count). The number of aliphatic hydroxyl groups is 7. The molecule has 14 heteroatoms. The van der Waals surface area contributed by atoms with Crippen LogP contribution in [0.1, 0.15) is 12.5 Å². The van der Waals surface area contributed by atoms with Crippen molar-refractivity contribution in [3.05, 3.63) is 66.0 Å². The topological polar surface area (TPSA) is 214 Å². The predicted octanol–water partition coefficient (Wildman–Crippen LogP) is -1.69. The maximum absolute atomic E-state index is 12.5. The van der Waals surface area contributed by atoms with Crippen molar-refractivity contribution in [2.75, 3.05) is 13.2 Å². The molecule has 0 unspecified atom stereocenters. The van der Waals surface area contributed by atoms with Gasteiger partial charge in [-0.15, -0.1) is 0 Å². The lowest BCUT2D eigenvalue weighted by Gasteiger charge is -2.43. The van der Waals surface area contributed by atoms with Crippen molar-refractivity contribution in [2.24, 2.45) is 11.8 Å². The molecule has 2 fully saturated rings. The molecule has 14 atom stereocenters. The highest BCUT2D eigenvalue weighted by molar-refractivity contribution is 5.87. The monoisotopic (exact) mass is 622 g/mol. The van der Waals surface area contributed by atoms with E-state index in [0.717, 1.165) is 5.56 Å². The molecule has 0 aromatic heterocycles. The van der Waals surface area contributed by atoms with Gasteiger partial charge >= 0.3 is 5.97 Å². The average Bonchev–Trinajstić information content (AvgIpc) is 3.39. The summed E-state index contributed by atoms with van der Waals surface area (Å²) in [6.45, 7) is 0.471. The highest BCUT2D eigenvalue weighted by atomic mass is 16.8. The van der Waals surface area contributed by atoms with Gasteiger partial charge in [-0.2, -0.15) is 0 Å². The van der Waals surface area contributed by atoms with Crippen LogP contribution in [0, 0.1) is 11.8 Å². The average molecular weight is 623 g/mol. The number of hydrogen-bond donors (Lipinski definition) is 7. The quantitative estimate of drug-likeness (QED) is 0.0931. The summed E-state index contributed by atoms with van der Waals surface area (Å²) in [4.78, 5) is 12.5. The summed E-state index contributed by atoms with van der Waals surface area (Å²) in [5.41, 5.74) is 1.19. The summed E-state index contributed by atoms with van der Waals surface area (Å²) in [6.07, 6.45) is -8.76. The van der Waals surface area contributed by atoms with Gasteiger partial charge in [-0.1, -0.05) is 36.4 Å². The van der Waals surface area contributed by atoms with Gasteiger partial charge in [-0.3, -0.25) is 0 Å². The van der Waals surface area contributed by atoms with Crippen LogP contribution in [0.3, 0.4) is 0 Å². The molecule has 1 aromatic rings. The third-order valence-electron chi connectivity index (χ3n) is 8.24. The first-order chi connectivity index (χ1) is 21.1. The van der Waals surface area contributed by atoms with Gasteiger partial charge in [-0.05, 0) is 30.2 Å². The number of aliphatic hydroxyl groups excluding tert-OH is 7. The van der Waals surface area contributed by atoms with Crippen molar-refractivity contribution in [1.29, 1.82) is 0 Å². The lowest BCUT2D eigenvalue weighted by Crippen LogP contribution is -2.60. The third kappa shape index (κ3) is 6.76. The zero-order valence-corrected chi connectivity index (χ0v) is 23.8. The first kappa shape index (κ1) is 32.7. The minimum Gasteiger partial charge on any atom is -0.472 e. The van der Waals surface area contributed by atoms with Gasteiger partial charge in [0.2, 0.25) is 6.29 Å². The molecule has 14 nitrogen and oxygen atoms in total. The van der Waals surface area contributed by atoms with Crippen molar-refractivity contribution in [1.82, 2.24) is 0 Å². The van der Waals surface area contributed by atoms with E-state index in [1.807, 2.05) is 18.2 Å². The van der Waals surface area contributed by atoms with Gasteiger partial charge in [-0.25, -0.2) is 4.79 Å². The number of carbonyl (C=O) groups is 1. The molecule has 0 radical (unpaired) electrons. The number of rotatable bonds is 9. The molecule has 2 saturated heterocycles. The molecule has 3 heterocycles. The van der Waals surface area contributed by atoms with Crippen molar-refractivity contribution in [3.8, 4) is 0 Å². The summed E-state index contributed by atoms with van der Waals surface area (Å²) in [6, 6.07) is 9.03. The Morgan fingerprint density at radius 3 is 2.32 bits per heavy atom. The molecular weight excluding hydrogens is 584 g/mol. The molecule has 0 saturated carbocycles. The Morgan fingerprint density at radius 1 is 0.886 bits per heavy atom. The molecule has 44 heavy (non-hydrogen) atoms. The summed E-state index contributed by atoms with van der Waals surface area (Å²) < 4.78 is 34.2. The fraction of sp³-hybridized carbons (Fsp3) is 0.567. The first-order valence-corrected chi connectivity index (χ1v) is 14.3. The van der Waals surface area contributed by atoms with Gasteiger partial charge in [0.05, 0.1) is 37.6 Å². The second kappa shape index (κ2) is 14.1. The number of hydrogen-bond acceptors (Lipinski definition) is 14. The minimum atomic E-state index is -1.67. The molecule has 3 aliphatic heterocycles. The SMILES string of the molecule is C[C@@H]1O[C@@H](O[C@@H]2C=C(CO)[C@H]3[C@H](O[C@@H]4O[C@H](CO)[C@@H](O)[C@H](O)[C@H]4O)OC=C[C@H]32)[C@H](O)[C@H](OC(=O)/C=C/c2ccccc2)[C@H]1O. The van der Waals surface area contributed by atoms with E-state index >= 15 is 0 Å². The van der Waals surface area contributed by atoms with Gasteiger partial charge in [0.25, 0.3) is 0 Å². The van der Waals surface area contributed by atoms with Crippen LogP contribution in [0.2, 0.25) is 0 Å². The Kier molecular flexibility index (Phi) is 10.5. The predicted molar refractivity (Wildman–Crippen MR) is 148 cm³/mol. The normalized spacial score (nSPS) is 42.0. The van der Waals surface area contributed by atoms with E-state index in [1.54, 1.807) is 31.2 Å². The highest BCUT2D eigenvalue weighted by Crippen LogP contribution is 2.43. The maximum atomic E-state index is 12.5. The van der Waals surface area contributed by atoms with Crippen molar-refractivity contribution in [2.45, 2.75) is 80.7 Å². The van der Waals surface area contributed by atoms with Gasteiger partial charge < -0.3 is 64.2 Å². The Hall–Kier alpha value is -2.73. The van der Waals surface area contributed by atoms with Crippen LogP contribution < -0.4 is 0 Å². The second-order valence-corrected chi connectivity index (χ2v) is 11.1. The maximum Gasteiger partial charge on any atom is 0.331 e. The zero-order valence-electron chi connectivity index (χ0n) is 23.8. The smallest absolute Gasteiger partial charge is 0.331 e. The molecule has 7 N–H and O–H groups in total. The number of ether oxygens (including phenoxy) is 6. The van der Waals surface area contributed by atoms with E-state index in [-0.39, 0.29) is 0 Å². The van der Waals surface area contributed by atoms with E-state index in [4.69, 9.17) is 28.4 Å². The van der Waals surface area contributed by atoms with Gasteiger partial charge in [0.1, 0.15) is 36.6 Å². The lowest BCUT2D eigenvalue weighted by molar-refractivity contribution is -0.341. The largest absolute Gasteiger partial charge is 0.472 e. The van der Waals surface area contributed by atoms with E-state index in [2.05, 4.69) is 0 Å². The van der Waals surface area contributed by atoms with Gasteiger partial charge in [0.15, 0.2) is 18.7 Å². The van der Waals surface area contributed by atoms with E-state index in [0.29, 0.717) is 5.57 Å². The Bertz CT molecular complexity index is 1200. The van der Waals surface area contributed by atoms with Crippen LogP contribution in [-0.4, -0.2) is 129 Å². The van der Waals surface area contributed by atoms with Crippen LogP contribution in [-0.2, 0) is 33.2 Å². The number of benzene rings is 1. The lowest BCUT2D eigenvalue weighted by atomic mass is 9.88. The van der Waals surface area contributed by atoms with Crippen molar-refractivity contribution < 1.29 is 69.0 Å². The number of carbonyl (C=O) groups excluding carboxylic acids is 1. The zero-order chi connectivity index (χ0) is 31.5. The summed E-state index contributed by atoms with van der Waals surface area (Å²) >= 11 is 0. The van der Waals surface area contributed by atoms with Crippen LogP contribution in [0.5, 0.6) is 0 Å². The molecule has 242 valence electrons. The molecule has 0 amide bonds. The number of fused-ring (bicyclic) bond motifs is 1. The third-order valence-corrected chi connectivity index (χ3v) is 8.24. The molecule has 1 aromatic carbocycles. The van der Waals surface area contributed by atoms with Crippen molar-refractivity contribution >= 4 is 12.0 Å². The van der Waals surface area contributed by atoms with E-state index in [9.17, 15) is 40.5 Å².